The number of allylic oxidation sites excluding steroid dienone is 2. The minimum atomic E-state index is 0.655. The smallest absolute Gasteiger partial charge is 0.119 e. The van der Waals surface area contributed by atoms with E-state index in [0.717, 1.165) is 45.0 Å². The second kappa shape index (κ2) is 14.1. The topological polar surface area (TPSA) is 33.7 Å². The van der Waals surface area contributed by atoms with Crippen LogP contribution < -0.4 is 10.2 Å². The van der Waals surface area contributed by atoms with Crippen molar-refractivity contribution in [3.05, 3.63) is 48.2 Å². The van der Waals surface area contributed by atoms with Crippen LogP contribution in [0.5, 0.6) is 5.75 Å². The van der Waals surface area contributed by atoms with Gasteiger partial charge in [0.25, 0.3) is 0 Å². The lowest BCUT2D eigenvalue weighted by molar-refractivity contribution is 0.0977. The van der Waals surface area contributed by atoms with Crippen LogP contribution in [-0.4, -0.2) is 31.4 Å². The quantitative estimate of drug-likeness (QED) is 0.357. The third-order valence-electron chi connectivity index (χ3n) is 5.31. The first-order valence-electron chi connectivity index (χ1n) is 11.5. The van der Waals surface area contributed by atoms with Gasteiger partial charge in [0.05, 0.1) is 12.3 Å². The van der Waals surface area contributed by atoms with E-state index in [1.54, 1.807) is 0 Å². The number of benzene rings is 1. The highest BCUT2D eigenvalue weighted by Gasteiger charge is 2.12. The fourth-order valence-corrected chi connectivity index (χ4v) is 3.19. The van der Waals surface area contributed by atoms with E-state index in [1.165, 1.54) is 43.4 Å². The molecule has 0 bridgehead atoms. The summed E-state index contributed by atoms with van der Waals surface area (Å²) in [6.07, 6.45) is 14.5. The molecule has 1 aliphatic heterocycles. The predicted octanol–water partition coefficient (Wildman–Crippen LogP) is 6.16. The number of unbranched alkanes of at least 4 members (excludes halogenated alkanes) is 4. The molecule has 1 aliphatic rings. The predicted molar refractivity (Wildman–Crippen MR) is 123 cm³/mol. The Hall–Kier alpha value is -1.94. The van der Waals surface area contributed by atoms with E-state index in [0.29, 0.717) is 5.92 Å². The van der Waals surface area contributed by atoms with Crippen molar-refractivity contribution < 1.29 is 9.47 Å². The molecule has 2 rings (SSSR count). The number of hydrazine groups is 1. The number of nitrogens with zero attached hydrogens (tertiary/aromatic N) is 1. The summed E-state index contributed by atoms with van der Waals surface area (Å²) < 4.78 is 11.6. The fourth-order valence-electron chi connectivity index (χ4n) is 3.19. The summed E-state index contributed by atoms with van der Waals surface area (Å²) in [6, 6.07) is 8.44. The SMILES string of the molecule is CCCCCCN1NC=CC=C1c1ccc(OCCCCOC[C@@H](C)CC)cc1. The molecule has 0 aliphatic carbocycles. The highest BCUT2D eigenvalue weighted by atomic mass is 16.5. The molecule has 1 atom stereocenters. The van der Waals surface area contributed by atoms with Crippen LogP contribution >= 0.6 is 0 Å². The van der Waals surface area contributed by atoms with Crippen molar-refractivity contribution in [1.29, 1.82) is 0 Å². The Labute approximate surface area is 177 Å². The van der Waals surface area contributed by atoms with E-state index < -0.39 is 0 Å². The highest BCUT2D eigenvalue weighted by molar-refractivity contribution is 5.66. The van der Waals surface area contributed by atoms with Gasteiger partial charge in [0, 0.05) is 26.0 Å². The maximum Gasteiger partial charge on any atom is 0.119 e. The Morgan fingerprint density at radius 3 is 2.52 bits per heavy atom. The van der Waals surface area contributed by atoms with E-state index in [4.69, 9.17) is 9.47 Å². The first-order valence-corrected chi connectivity index (χ1v) is 11.5. The molecule has 0 amide bonds. The first-order chi connectivity index (χ1) is 14.2. The summed E-state index contributed by atoms with van der Waals surface area (Å²) in [5, 5.41) is 2.24. The average molecular weight is 401 g/mol. The Balaban J connectivity index is 1.71. The van der Waals surface area contributed by atoms with Crippen LogP contribution in [-0.2, 0) is 4.74 Å². The molecule has 0 fully saturated rings. The van der Waals surface area contributed by atoms with Gasteiger partial charge in [0.15, 0.2) is 0 Å². The summed E-state index contributed by atoms with van der Waals surface area (Å²) >= 11 is 0. The number of hydrogen-bond acceptors (Lipinski definition) is 4. The van der Waals surface area contributed by atoms with E-state index in [1.807, 2.05) is 6.20 Å². The molecule has 29 heavy (non-hydrogen) atoms. The maximum atomic E-state index is 5.90. The molecule has 1 heterocycles. The lowest BCUT2D eigenvalue weighted by Gasteiger charge is -2.29. The highest BCUT2D eigenvalue weighted by Crippen LogP contribution is 2.23. The molecule has 1 aromatic rings. The van der Waals surface area contributed by atoms with Gasteiger partial charge in [-0.2, -0.15) is 0 Å². The molecule has 1 aromatic carbocycles. The van der Waals surface area contributed by atoms with Crippen LogP contribution in [0.3, 0.4) is 0 Å². The first kappa shape index (κ1) is 23.3. The summed E-state index contributed by atoms with van der Waals surface area (Å²) in [5.74, 6) is 1.59. The zero-order valence-electron chi connectivity index (χ0n) is 18.7. The summed E-state index contributed by atoms with van der Waals surface area (Å²) in [4.78, 5) is 0. The Morgan fingerprint density at radius 2 is 1.76 bits per heavy atom. The van der Waals surface area contributed by atoms with E-state index in [2.05, 4.69) is 67.6 Å². The molecule has 1 N–H and O–H groups in total. The van der Waals surface area contributed by atoms with Crippen molar-refractivity contribution >= 4 is 5.70 Å². The minimum absolute atomic E-state index is 0.655. The van der Waals surface area contributed by atoms with Gasteiger partial charge in [0.1, 0.15) is 5.75 Å². The van der Waals surface area contributed by atoms with Crippen LogP contribution in [0.2, 0.25) is 0 Å². The molecule has 4 nitrogen and oxygen atoms in total. The van der Waals surface area contributed by atoms with Crippen LogP contribution in [0, 0.1) is 5.92 Å². The standard InChI is InChI=1S/C25H40N2O2/c1-4-6-7-8-18-27-25(12-11-17-26-27)23-13-15-24(16-14-23)29-20-10-9-19-28-21-22(3)5-2/h11-17,22,26H,4-10,18-21H2,1-3H3/t22-/m0/s1. The number of hydrogen-bond donors (Lipinski definition) is 1. The van der Waals surface area contributed by atoms with Crippen LogP contribution in [0.4, 0.5) is 0 Å². The molecular weight excluding hydrogens is 360 g/mol. The zero-order chi connectivity index (χ0) is 20.7. The average Bonchev–Trinajstić information content (AvgIpc) is 2.76. The largest absolute Gasteiger partial charge is 0.494 e. The monoisotopic (exact) mass is 400 g/mol. The summed E-state index contributed by atoms with van der Waals surface area (Å²) in [6.45, 7) is 10.1. The second-order valence-corrected chi connectivity index (χ2v) is 7.92. The van der Waals surface area contributed by atoms with Gasteiger partial charge in [0.2, 0.25) is 0 Å². The third-order valence-corrected chi connectivity index (χ3v) is 5.31. The Kier molecular flexibility index (Phi) is 11.4. The molecule has 4 heteroatoms. The van der Waals surface area contributed by atoms with Gasteiger partial charge in [-0.1, -0.05) is 46.5 Å². The Bertz CT molecular complexity index is 610. The van der Waals surface area contributed by atoms with Crippen molar-refractivity contribution in [2.75, 3.05) is 26.4 Å². The molecule has 0 spiro atoms. The normalized spacial score (nSPS) is 14.4. The fraction of sp³-hybridized carbons (Fsp3) is 0.600. The molecule has 0 saturated carbocycles. The number of nitrogens with one attached hydrogen (secondary N) is 1. The van der Waals surface area contributed by atoms with Crippen LogP contribution in [0.25, 0.3) is 5.70 Å². The summed E-state index contributed by atoms with van der Waals surface area (Å²) in [5.41, 5.74) is 5.80. The lowest BCUT2D eigenvalue weighted by atomic mass is 10.1. The van der Waals surface area contributed by atoms with Gasteiger partial charge in [-0.05, 0) is 67.2 Å². The van der Waals surface area contributed by atoms with Crippen molar-refractivity contribution in [2.45, 2.75) is 65.7 Å². The zero-order valence-corrected chi connectivity index (χ0v) is 18.7. The molecule has 0 saturated heterocycles. The molecular formula is C25H40N2O2. The van der Waals surface area contributed by atoms with Crippen LogP contribution in [0.1, 0.15) is 71.3 Å². The van der Waals surface area contributed by atoms with Gasteiger partial charge in [-0.3, -0.25) is 5.01 Å². The van der Waals surface area contributed by atoms with E-state index in [9.17, 15) is 0 Å². The maximum absolute atomic E-state index is 5.90. The van der Waals surface area contributed by atoms with Gasteiger partial charge in [-0.25, -0.2) is 0 Å². The number of ether oxygens (including phenoxy) is 2. The summed E-state index contributed by atoms with van der Waals surface area (Å²) in [7, 11) is 0. The Morgan fingerprint density at radius 1 is 0.966 bits per heavy atom. The van der Waals surface area contributed by atoms with Gasteiger partial charge in [-0.15, -0.1) is 0 Å². The number of rotatable bonds is 15. The molecule has 0 unspecified atom stereocenters. The lowest BCUT2D eigenvalue weighted by Crippen LogP contribution is -2.35. The third kappa shape index (κ3) is 8.95. The van der Waals surface area contributed by atoms with Crippen molar-refractivity contribution in [1.82, 2.24) is 10.4 Å². The van der Waals surface area contributed by atoms with E-state index >= 15 is 0 Å². The van der Waals surface area contributed by atoms with Crippen molar-refractivity contribution in [3.8, 4) is 5.75 Å². The molecule has 0 radical (unpaired) electrons. The minimum Gasteiger partial charge on any atom is -0.494 e. The van der Waals surface area contributed by atoms with Gasteiger partial charge < -0.3 is 14.9 Å². The van der Waals surface area contributed by atoms with E-state index in [-0.39, 0.29) is 0 Å². The molecule has 0 aromatic heterocycles. The van der Waals surface area contributed by atoms with Gasteiger partial charge >= 0.3 is 0 Å². The van der Waals surface area contributed by atoms with Crippen LogP contribution in [0.15, 0.2) is 42.6 Å². The second-order valence-electron chi connectivity index (χ2n) is 7.92. The van der Waals surface area contributed by atoms with Crippen molar-refractivity contribution in [2.24, 2.45) is 5.92 Å². The van der Waals surface area contributed by atoms with Crippen molar-refractivity contribution in [3.63, 3.8) is 0 Å². The molecule has 162 valence electrons.